The van der Waals surface area contributed by atoms with E-state index < -0.39 is 11.8 Å². The summed E-state index contributed by atoms with van der Waals surface area (Å²) < 4.78 is 15.1. The number of nitrogens with zero attached hydrogens (tertiary/aromatic N) is 2. The lowest BCUT2D eigenvalue weighted by Gasteiger charge is -2.01. The molecule has 4 rings (SSSR count). The molecule has 6 nitrogen and oxygen atoms in total. The molecule has 0 bridgehead atoms. The molecule has 2 heterocycles. The maximum Gasteiger partial charge on any atom is 0.251 e. The lowest BCUT2D eigenvalue weighted by molar-refractivity contribution is -0.111. The number of benzene rings is 2. The average molecular weight is 432 g/mol. The largest absolute Gasteiger partial charge is 0.366 e. The lowest BCUT2D eigenvalue weighted by Crippen LogP contribution is -2.14. The van der Waals surface area contributed by atoms with Crippen molar-refractivity contribution in [3.8, 4) is 16.9 Å². The molecule has 0 saturated heterocycles. The smallest absolute Gasteiger partial charge is 0.251 e. The molecular weight excluding hydrogens is 415 g/mol. The number of rotatable bonds is 6. The first-order chi connectivity index (χ1) is 15.0. The molecule has 2 amide bonds. The van der Waals surface area contributed by atoms with Crippen LogP contribution in [0.15, 0.2) is 78.3 Å². The summed E-state index contributed by atoms with van der Waals surface area (Å²) in [5.41, 5.74) is 8.41. The minimum atomic E-state index is -0.608. The molecule has 0 unspecified atom stereocenters. The van der Waals surface area contributed by atoms with Crippen LogP contribution in [0.3, 0.4) is 0 Å². The zero-order valence-corrected chi connectivity index (χ0v) is 17.0. The number of carbonyl (C=O) groups is 2. The summed E-state index contributed by atoms with van der Waals surface area (Å²) in [7, 11) is 0. The summed E-state index contributed by atoms with van der Waals surface area (Å²) in [6.07, 6.45) is 4.76. The van der Waals surface area contributed by atoms with Gasteiger partial charge in [-0.3, -0.25) is 9.59 Å². The Balaban J connectivity index is 1.65. The van der Waals surface area contributed by atoms with E-state index in [1.54, 1.807) is 40.5 Å². The van der Waals surface area contributed by atoms with Gasteiger partial charge < -0.3 is 11.1 Å². The number of carbonyl (C=O) groups excluding carboxylic acids is 2. The summed E-state index contributed by atoms with van der Waals surface area (Å²) in [6, 6.07) is 17.1. The van der Waals surface area contributed by atoms with Gasteiger partial charge in [0, 0.05) is 23.4 Å². The van der Waals surface area contributed by atoms with Crippen molar-refractivity contribution < 1.29 is 14.0 Å². The summed E-state index contributed by atoms with van der Waals surface area (Å²) in [5.74, 6) is -1.37. The van der Waals surface area contributed by atoms with Gasteiger partial charge in [0.2, 0.25) is 5.91 Å². The van der Waals surface area contributed by atoms with Gasteiger partial charge in [0.25, 0.3) is 5.91 Å². The van der Waals surface area contributed by atoms with Gasteiger partial charge in [0.15, 0.2) is 0 Å². The van der Waals surface area contributed by atoms with E-state index in [4.69, 9.17) is 5.73 Å². The fourth-order valence-corrected chi connectivity index (χ4v) is 3.77. The quantitative estimate of drug-likeness (QED) is 0.440. The number of aromatic nitrogens is 2. The monoisotopic (exact) mass is 432 g/mol. The third-order valence-electron chi connectivity index (χ3n) is 4.46. The molecule has 0 spiro atoms. The van der Waals surface area contributed by atoms with Crippen LogP contribution in [0.5, 0.6) is 0 Å². The molecule has 0 saturated carbocycles. The Bertz CT molecular complexity index is 1260. The Morgan fingerprint density at radius 1 is 1.06 bits per heavy atom. The van der Waals surface area contributed by atoms with E-state index in [1.165, 1.54) is 29.5 Å². The minimum absolute atomic E-state index is 0.260. The lowest BCUT2D eigenvalue weighted by atomic mass is 10.1. The molecular formula is C23H17FN4O2S. The number of nitrogens with two attached hydrogens (primary N) is 1. The maximum absolute atomic E-state index is 13.4. The molecule has 0 radical (unpaired) electrons. The standard InChI is InChI=1S/C23H17FN4O2S/c24-17-9-6-15(7-10-17)21-16(14-28(27-21)18-4-2-1-3-5-18)8-11-20(29)26-23-19(22(25)30)12-13-31-23/h1-14H,(H2,25,30)(H,26,29). The highest BCUT2D eigenvalue weighted by atomic mass is 32.1. The Morgan fingerprint density at radius 3 is 2.52 bits per heavy atom. The molecule has 0 aliphatic carbocycles. The van der Waals surface area contributed by atoms with E-state index in [2.05, 4.69) is 10.4 Å². The first-order valence-electron chi connectivity index (χ1n) is 9.28. The number of anilines is 1. The first-order valence-corrected chi connectivity index (χ1v) is 10.2. The molecule has 154 valence electrons. The van der Waals surface area contributed by atoms with E-state index in [0.29, 0.717) is 21.8 Å². The Morgan fingerprint density at radius 2 is 1.81 bits per heavy atom. The fourth-order valence-electron chi connectivity index (χ4n) is 2.97. The second kappa shape index (κ2) is 8.76. The second-order valence-corrected chi connectivity index (χ2v) is 7.49. The number of hydrogen-bond donors (Lipinski definition) is 2. The zero-order valence-electron chi connectivity index (χ0n) is 16.2. The van der Waals surface area contributed by atoms with E-state index in [1.807, 2.05) is 30.3 Å². The number of hydrogen-bond acceptors (Lipinski definition) is 4. The van der Waals surface area contributed by atoms with Crippen LogP contribution in [0.1, 0.15) is 15.9 Å². The van der Waals surface area contributed by atoms with Crippen LogP contribution in [-0.2, 0) is 4.79 Å². The van der Waals surface area contributed by atoms with Crippen LogP contribution in [-0.4, -0.2) is 21.6 Å². The van der Waals surface area contributed by atoms with Crippen molar-refractivity contribution in [2.24, 2.45) is 5.73 Å². The van der Waals surface area contributed by atoms with Crippen LogP contribution in [0.2, 0.25) is 0 Å². The Kier molecular flexibility index (Phi) is 5.72. The SMILES string of the molecule is NC(=O)c1ccsc1NC(=O)C=Cc1cn(-c2ccccc2)nc1-c1ccc(F)cc1. The fraction of sp³-hybridized carbons (Fsp3) is 0. The maximum atomic E-state index is 13.4. The molecule has 0 aliphatic rings. The molecule has 0 atom stereocenters. The van der Waals surface area contributed by atoms with Crippen LogP contribution in [0.4, 0.5) is 9.39 Å². The topological polar surface area (TPSA) is 90.0 Å². The van der Waals surface area contributed by atoms with Crippen molar-refractivity contribution in [1.82, 2.24) is 9.78 Å². The van der Waals surface area contributed by atoms with Gasteiger partial charge in [-0.25, -0.2) is 9.07 Å². The van der Waals surface area contributed by atoms with Gasteiger partial charge in [0.1, 0.15) is 10.8 Å². The zero-order chi connectivity index (χ0) is 21.8. The number of para-hydroxylation sites is 1. The van der Waals surface area contributed by atoms with Crippen molar-refractivity contribution in [1.29, 1.82) is 0 Å². The number of thiophene rings is 1. The average Bonchev–Trinajstić information content (AvgIpc) is 3.41. The summed E-state index contributed by atoms with van der Waals surface area (Å²) in [5, 5.41) is 9.35. The predicted molar refractivity (Wildman–Crippen MR) is 119 cm³/mol. The Hall–Kier alpha value is -4.04. The molecule has 31 heavy (non-hydrogen) atoms. The van der Waals surface area contributed by atoms with Gasteiger partial charge in [-0.15, -0.1) is 11.3 Å². The molecule has 4 aromatic rings. The minimum Gasteiger partial charge on any atom is -0.366 e. The molecule has 8 heteroatoms. The third-order valence-corrected chi connectivity index (χ3v) is 5.29. The van der Waals surface area contributed by atoms with Crippen molar-refractivity contribution in [2.45, 2.75) is 0 Å². The summed E-state index contributed by atoms with van der Waals surface area (Å²) in [6.45, 7) is 0. The van der Waals surface area contributed by atoms with Crippen molar-refractivity contribution in [3.63, 3.8) is 0 Å². The van der Waals surface area contributed by atoms with Crippen molar-refractivity contribution in [3.05, 3.63) is 95.3 Å². The van der Waals surface area contributed by atoms with E-state index in [9.17, 15) is 14.0 Å². The highest BCUT2D eigenvalue weighted by Gasteiger charge is 2.13. The molecule has 3 N–H and O–H groups in total. The van der Waals surface area contributed by atoms with Crippen molar-refractivity contribution in [2.75, 3.05) is 5.32 Å². The van der Waals surface area contributed by atoms with Crippen LogP contribution < -0.4 is 11.1 Å². The van der Waals surface area contributed by atoms with E-state index >= 15 is 0 Å². The van der Waals surface area contributed by atoms with Crippen LogP contribution in [0, 0.1) is 5.82 Å². The van der Waals surface area contributed by atoms with Gasteiger partial charge in [-0.2, -0.15) is 5.10 Å². The summed E-state index contributed by atoms with van der Waals surface area (Å²) in [4.78, 5) is 23.8. The van der Waals surface area contributed by atoms with Crippen LogP contribution in [0.25, 0.3) is 23.0 Å². The molecule has 2 aromatic carbocycles. The van der Waals surface area contributed by atoms with Crippen molar-refractivity contribution >= 4 is 34.2 Å². The van der Waals surface area contributed by atoms with E-state index in [0.717, 1.165) is 5.69 Å². The highest BCUT2D eigenvalue weighted by Crippen LogP contribution is 2.26. The highest BCUT2D eigenvalue weighted by molar-refractivity contribution is 7.14. The van der Waals surface area contributed by atoms with Gasteiger partial charge in [-0.1, -0.05) is 18.2 Å². The van der Waals surface area contributed by atoms with Gasteiger partial charge in [-0.05, 0) is 53.9 Å². The van der Waals surface area contributed by atoms with Crippen LogP contribution >= 0.6 is 11.3 Å². The summed E-state index contributed by atoms with van der Waals surface area (Å²) >= 11 is 1.21. The predicted octanol–water partition coefficient (Wildman–Crippen LogP) is 4.49. The molecule has 0 aliphatic heterocycles. The first kappa shape index (κ1) is 20.2. The van der Waals surface area contributed by atoms with Gasteiger partial charge >= 0.3 is 0 Å². The number of halogens is 1. The number of amides is 2. The number of primary amides is 1. The molecule has 2 aromatic heterocycles. The second-order valence-electron chi connectivity index (χ2n) is 6.57. The molecule has 0 fully saturated rings. The normalized spacial score (nSPS) is 11.0. The number of nitrogens with one attached hydrogen (secondary N) is 1. The van der Waals surface area contributed by atoms with E-state index in [-0.39, 0.29) is 11.4 Å². The van der Waals surface area contributed by atoms with Gasteiger partial charge in [0.05, 0.1) is 16.9 Å². The Labute approximate surface area is 181 Å². The third kappa shape index (κ3) is 4.59.